The zero-order valence-electron chi connectivity index (χ0n) is 15.4. The Morgan fingerprint density at radius 2 is 2.07 bits per heavy atom. The van der Waals surface area contributed by atoms with Crippen LogP contribution in [0.4, 0.5) is 15.2 Å². The molecule has 6 nitrogen and oxygen atoms in total. The number of nitrogens with zero attached hydrogens (tertiary/aromatic N) is 3. The number of rotatable bonds is 8. The number of methoxy groups -OCH3 is 1. The van der Waals surface area contributed by atoms with Crippen LogP contribution in [0, 0.1) is 5.82 Å². The fourth-order valence-corrected chi connectivity index (χ4v) is 4.12. The van der Waals surface area contributed by atoms with Gasteiger partial charge in [-0.25, -0.2) is 4.39 Å². The highest BCUT2D eigenvalue weighted by Gasteiger charge is 2.13. The Morgan fingerprint density at radius 1 is 1.25 bits per heavy atom. The van der Waals surface area contributed by atoms with E-state index in [0.29, 0.717) is 21.8 Å². The van der Waals surface area contributed by atoms with Crippen molar-refractivity contribution in [2.24, 2.45) is 0 Å². The molecule has 3 aromatic rings. The molecule has 0 radical (unpaired) electrons. The van der Waals surface area contributed by atoms with Crippen molar-refractivity contribution < 1.29 is 13.9 Å². The lowest BCUT2D eigenvalue weighted by Gasteiger charge is -2.16. The van der Waals surface area contributed by atoms with Gasteiger partial charge >= 0.3 is 0 Å². The Hall–Kier alpha value is -2.65. The van der Waals surface area contributed by atoms with Crippen molar-refractivity contribution in [3.63, 3.8) is 0 Å². The minimum atomic E-state index is -0.309. The lowest BCUT2D eigenvalue weighted by Crippen LogP contribution is -2.27. The lowest BCUT2D eigenvalue weighted by molar-refractivity contribution is -0.127. The summed E-state index contributed by atoms with van der Waals surface area (Å²) >= 11 is 2.68. The standard InChI is InChI=1S/C19H19FN4O2S2/c1-24(11-13-6-5-7-14(20)10-13)17(25)12-27-19-23-22-18(28-19)21-15-8-3-4-9-16(15)26-2/h3-10H,11-12H2,1-2H3,(H,21,22). The van der Waals surface area contributed by atoms with Crippen LogP contribution < -0.4 is 10.1 Å². The van der Waals surface area contributed by atoms with Gasteiger partial charge in [0.2, 0.25) is 11.0 Å². The van der Waals surface area contributed by atoms with Crippen LogP contribution in [0.15, 0.2) is 52.9 Å². The van der Waals surface area contributed by atoms with Gasteiger partial charge in [-0.3, -0.25) is 4.79 Å². The highest BCUT2D eigenvalue weighted by atomic mass is 32.2. The number of hydrogen-bond acceptors (Lipinski definition) is 7. The Balaban J connectivity index is 1.53. The van der Waals surface area contributed by atoms with Gasteiger partial charge in [0.05, 0.1) is 18.6 Å². The summed E-state index contributed by atoms with van der Waals surface area (Å²) < 4.78 is 19.2. The predicted molar refractivity (Wildman–Crippen MR) is 110 cm³/mol. The molecule has 0 atom stereocenters. The first-order valence-electron chi connectivity index (χ1n) is 8.40. The van der Waals surface area contributed by atoms with E-state index in [0.717, 1.165) is 11.3 Å². The fraction of sp³-hybridized carbons (Fsp3) is 0.211. The molecule has 28 heavy (non-hydrogen) atoms. The lowest BCUT2D eigenvalue weighted by atomic mass is 10.2. The number of carbonyl (C=O) groups is 1. The molecule has 0 unspecified atom stereocenters. The van der Waals surface area contributed by atoms with Gasteiger partial charge in [0.25, 0.3) is 0 Å². The molecule has 9 heteroatoms. The van der Waals surface area contributed by atoms with Crippen molar-refractivity contribution in [2.45, 2.75) is 10.9 Å². The zero-order valence-corrected chi connectivity index (χ0v) is 17.0. The number of amides is 1. The van der Waals surface area contributed by atoms with Crippen molar-refractivity contribution in [2.75, 3.05) is 25.2 Å². The van der Waals surface area contributed by atoms with Crippen molar-refractivity contribution in [1.29, 1.82) is 0 Å². The van der Waals surface area contributed by atoms with Gasteiger partial charge in [0.1, 0.15) is 11.6 Å². The Kier molecular flexibility index (Phi) is 6.83. The Labute approximate surface area is 170 Å². The van der Waals surface area contributed by atoms with Gasteiger partial charge in [0, 0.05) is 13.6 Å². The second-order valence-electron chi connectivity index (χ2n) is 5.87. The Bertz CT molecular complexity index is 951. The number of ether oxygens (including phenoxy) is 1. The summed E-state index contributed by atoms with van der Waals surface area (Å²) in [6.07, 6.45) is 0. The smallest absolute Gasteiger partial charge is 0.233 e. The minimum Gasteiger partial charge on any atom is -0.495 e. The number of benzene rings is 2. The third kappa shape index (κ3) is 5.43. The maximum Gasteiger partial charge on any atom is 0.233 e. The average Bonchev–Trinajstić information content (AvgIpc) is 3.14. The van der Waals surface area contributed by atoms with Gasteiger partial charge in [0.15, 0.2) is 4.34 Å². The Morgan fingerprint density at radius 3 is 2.86 bits per heavy atom. The summed E-state index contributed by atoms with van der Waals surface area (Å²) in [6, 6.07) is 13.8. The number of aromatic nitrogens is 2. The second kappa shape index (κ2) is 9.52. The molecular formula is C19H19FN4O2S2. The largest absolute Gasteiger partial charge is 0.495 e. The van der Waals surface area contributed by atoms with Crippen molar-refractivity contribution >= 4 is 39.8 Å². The van der Waals surface area contributed by atoms with Crippen molar-refractivity contribution in [1.82, 2.24) is 15.1 Å². The van der Waals surface area contributed by atoms with Crippen molar-refractivity contribution in [3.8, 4) is 5.75 Å². The molecule has 1 N–H and O–H groups in total. The van der Waals surface area contributed by atoms with E-state index in [1.807, 2.05) is 24.3 Å². The molecule has 0 saturated carbocycles. The third-order valence-corrected chi connectivity index (χ3v) is 5.77. The second-order valence-corrected chi connectivity index (χ2v) is 8.07. The monoisotopic (exact) mass is 418 g/mol. The van der Waals surface area contributed by atoms with Crippen LogP contribution in [0.5, 0.6) is 5.75 Å². The molecule has 0 aliphatic heterocycles. The molecule has 0 fully saturated rings. The van der Waals surface area contributed by atoms with Crippen LogP contribution >= 0.6 is 23.1 Å². The van der Waals surface area contributed by atoms with Crippen molar-refractivity contribution in [3.05, 3.63) is 59.9 Å². The first kappa shape index (κ1) is 20.1. The van der Waals surface area contributed by atoms with Crippen LogP contribution in [-0.2, 0) is 11.3 Å². The van der Waals surface area contributed by atoms with Gasteiger partial charge in [-0.2, -0.15) is 0 Å². The summed E-state index contributed by atoms with van der Waals surface area (Å²) in [6.45, 7) is 0.355. The zero-order chi connectivity index (χ0) is 19.9. The first-order valence-corrected chi connectivity index (χ1v) is 10.2. The normalized spacial score (nSPS) is 10.5. The summed E-state index contributed by atoms with van der Waals surface area (Å²) in [5, 5.41) is 12.0. The molecule has 2 aromatic carbocycles. The molecule has 0 saturated heterocycles. The predicted octanol–water partition coefficient (Wildman–Crippen LogP) is 4.18. The molecule has 0 bridgehead atoms. The van der Waals surface area contributed by atoms with Crippen LogP contribution in [0.1, 0.15) is 5.56 Å². The summed E-state index contributed by atoms with van der Waals surface area (Å²) in [4.78, 5) is 13.9. The van der Waals surface area contributed by atoms with E-state index in [4.69, 9.17) is 4.74 Å². The van der Waals surface area contributed by atoms with Crippen LogP contribution in [-0.4, -0.2) is 40.9 Å². The van der Waals surface area contributed by atoms with Gasteiger partial charge < -0.3 is 15.0 Å². The number of nitrogens with one attached hydrogen (secondary N) is 1. The molecular weight excluding hydrogens is 399 g/mol. The summed E-state index contributed by atoms with van der Waals surface area (Å²) in [5.74, 6) is 0.566. The number of thioether (sulfide) groups is 1. The highest BCUT2D eigenvalue weighted by molar-refractivity contribution is 8.01. The van der Waals surface area contributed by atoms with E-state index in [9.17, 15) is 9.18 Å². The summed E-state index contributed by atoms with van der Waals surface area (Å²) in [7, 11) is 3.30. The van der Waals surface area contributed by atoms with E-state index >= 15 is 0 Å². The number of anilines is 2. The maximum atomic E-state index is 13.3. The molecule has 146 valence electrons. The van der Waals surface area contributed by atoms with E-state index in [1.54, 1.807) is 31.2 Å². The average molecular weight is 419 g/mol. The van der Waals surface area contributed by atoms with Crippen LogP contribution in [0.25, 0.3) is 0 Å². The summed E-state index contributed by atoms with van der Waals surface area (Å²) in [5.41, 5.74) is 1.55. The van der Waals surface area contributed by atoms with E-state index in [-0.39, 0.29) is 17.5 Å². The van der Waals surface area contributed by atoms with Crippen LogP contribution in [0.2, 0.25) is 0 Å². The van der Waals surface area contributed by atoms with Gasteiger partial charge in [-0.05, 0) is 29.8 Å². The van der Waals surface area contributed by atoms with Crippen LogP contribution in [0.3, 0.4) is 0 Å². The fourth-order valence-electron chi connectivity index (χ4n) is 2.41. The third-order valence-electron chi connectivity index (χ3n) is 3.81. The molecule has 3 rings (SSSR count). The van der Waals surface area contributed by atoms with E-state index in [2.05, 4.69) is 15.5 Å². The maximum absolute atomic E-state index is 13.3. The van der Waals surface area contributed by atoms with Gasteiger partial charge in [-0.15, -0.1) is 10.2 Å². The SMILES string of the molecule is COc1ccccc1Nc1nnc(SCC(=O)N(C)Cc2cccc(F)c2)s1. The van der Waals surface area contributed by atoms with E-state index in [1.165, 1.54) is 35.2 Å². The minimum absolute atomic E-state index is 0.0660. The number of halogens is 1. The quantitative estimate of drug-likeness (QED) is 0.554. The molecule has 0 aliphatic rings. The molecule has 1 amide bonds. The van der Waals surface area contributed by atoms with E-state index < -0.39 is 0 Å². The first-order chi connectivity index (χ1) is 13.5. The highest BCUT2D eigenvalue weighted by Crippen LogP contribution is 2.31. The number of para-hydroxylation sites is 2. The number of carbonyl (C=O) groups excluding carboxylic acids is 1. The molecule has 0 aliphatic carbocycles. The number of hydrogen-bond donors (Lipinski definition) is 1. The molecule has 1 heterocycles. The molecule has 1 aromatic heterocycles. The molecule has 0 spiro atoms. The topological polar surface area (TPSA) is 67.3 Å². The van der Waals surface area contributed by atoms with Gasteiger partial charge in [-0.1, -0.05) is 47.4 Å².